The molecule has 7 aromatic carbocycles. The van der Waals surface area contributed by atoms with Crippen molar-refractivity contribution < 1.29 is 0 Å². The molecule has 1 heterocycles. The van der Waals surface area contributed by atoms with Crippen LogP contribution in [0.4, 0.5) is 5.69 Å². The number of benzene rings is 7. The van der Waals surface area contributed by atoms with Gasteiger partial charge in [0.05, 0.1) is 16.4 Å². The molecule has 0 bridgehead atoms. The van der Waals surface area contributed by atoms with Crippen LogP contribution in [0.15, 0.2) is 230 Å². The highest BCUT2D eigenvalue weighted by molar-refractivity contribution is 6.10. The fourth-order valence-corrected chi connectivity index (χ4v) is 9.11. The molecule has 0 fully saturated rings. The molecule has 0 spiro atoms. The minimum Gasteiger partial charge on any atom is -0.362 e. The van der Waals surface area contributed by atoms with E-state index in [1.807, 2.05) is 0 Å². The number of anilines is 1. The van der Waals surface area contributed by atoms with E-state index in [4.69, 9.17) is 0 Å². The van der Waals surface area contributed by atoms with Gasteiger partial charge >= 0.3 is 0 Å². The van der Waals surface area contributed by atoms with Gasteiger partial charge in [-0.3, -0.25) is 0 Å². The number of nitrogens with zero attached hydrogens (tertiary/aromatic N) is 1. The van der Waals surface area contributed by atoms with E-state index in [2.05, 4.69) is 235 Å². The maximum atomic E-state index is 3.74. The van der Waals surface area contributed by atoms with Gasteiger partial charge in [0.15, 0.2) is 0 Å². The van der Waals surface area contributed by atoms with Crippen LogP contribution in [0.25, 0.3) is 50.3 Å². The van der Waals surface area contributed by atoms with Crippen molar-refractivity contribution in [3.05, 3.63) is 252 Å². The van der Waals surface area contributed by atoms with Gasteiger partial charge in [0.2, 0.25) is 0 Å². The second kappa shape index (κ2) is 14.8. The Morgan fingerprint density at radius 1 is 0.561 bits per heavy atom. The average Bonchev–Trinajstić information content (AvgIpc) is 3.77. The largest absolute Gasteiger partial charge is 0.362 e. The van der Waals surface area contributed by atoms with Crippen LogP contribution in [0.3, 0.4) is 0 Å². The number of hydrogen-bond donors (Lipinski definition) is 1. The predicted molar refractivity (Wildman–Crippen MR) is 241 cm³/mol. The van der Waals surface area contributed by atoms with Crippen LogP contribution < -0.4 is 5.32 Å². The first-order valence-corrected chi connectivity index (χ1v) is 19.9. The molecule has 1 aromatic heterocycles. The Kier molecular flexibility index (Phi) is 8.93. The highest BCUT2D eigenvalue weighted by Gasteiger charge is 2.47. The van der Waals surface area contributed by atoms with Gasteiger partial charge in [0.1, 0.15) is 0 Å². The van der Waals surface area contributed by atoms with Crippen LogP contribution in [0, 0.1) is 0 Å². The standard InChI is InChI=1S/C55H42N2/c1-5-17-41(18-6-1)42-32-29-40(30-33-42)31-35-48-47-25-13-15-27-51(47)55(43-19-7-2-8-20-43,44-21-9-3-10-22-44)52(48)37-38-56-45-34-36-50-49-26-14-16-28-53(49)57(54(50)39-45)46-23-11-4-12-24-46/h1-9,11-21,23-39,56H,10,22H2/b35-31-,38-37+. The second-order valence-corrected chi connectivity index (χ2v) is 14.9. The summed E-state index contributed by atoms with van der Waals surface area (Å²) in [6.45, 7) is 0. The topological polar surface area (TPSA) is 17.0 Å². The Bertz CT molecular complexity index is 2890. The number of fused-ring (bicyclic) bond motifs is 4. The zero-order valence-corrected chi connectivity index (χ0v) is 31.7. The van der Waals surface area contributed by atoms with E-state index in [1.165, 1.54) is 71.9 Å². The summed E-state index contributed by atoms with van der Waals surface area (Å²) in [5.74, 6) is 0. The molecule has 1 N–H and O–H groups in total. The third kappa shape index (κ3) is 6.07. The van der Waals surface area contributed by atoms with Crippen molar-refractivity contribution in [2.75, 3.05) is 5.32 Å². The Hall–Kier alpha value is -7.16. The van der Waals surface area contributed by atoms with E-state index < -0.39 is 5.41 Å². The molecule has 10 rings (SSSR count). The Morgan fingerprint density at radius 2 is 1.25 bits per heavy atom. The first-order chi connectivity index (χ1) is 28.3. The van der Waals surface area contributed by atoms with Crippen molar-refractivity contribution in [2.45, 2.75) is 18.3 Å². The van der Waals surface area contributed by atoms with Crippen molar-refractivity contribution in [1.82, 2.24) is 4.57 Å². The maximum Gasteiger partial charge on any atom is 0.0677 e. The van der Waals surface area contributed by atoms with Crippen molar-refractivity contribution in [1.29, 1.82) is 0 Å². The lowest BCUT2D eigenvalue weighted by Gasteiger charge is -2.37. The van der Waals surface area contributed by atoms with Gasteiger partial charge < -0.3 is 9.88 Å². The molecule has 0 radical (unpaired) electrons. The first kappa shape index (κ1) is 34.3. The van der Waals surface area contributed by atoms with Gasteiger partial charge in [-0.1, -0.05) is 188 Å². The van der Waals surface area contributed by atoms with Crippen molar-refractivity contribution in [2.24, 2.45) is 0 Å². The summed E-state index contributed by atoms with van der Waals surface area (Å²) in [7, 11) is 0. The number of allylic oxidation sites excluding steroid dienone is 8. The highest BCUT2D eigenvalue weighted by Crippen LogP contribution is 2.57. The van der Waals surface area contributed by atoms with E-state index >= 15 is 0 Å². The summed E-state index contributed by atoms with van der Waals surface area (Å²) >= 11 is 0. The minimum absolute atomic E-state index is 0.457. The summed E-state index contributed by atoms with van der Waals surface area (Å²) in [4.78, 5) is 0. The van der Waals surface area contributed by atoms with Crippen LogP contribution in [-0.4, -0.2) is 4.57 Å². The van der Waals surface area contributed by atoms with Gasteiger partial charge in [0, 0.05) is 28.3 Å². The van der Waals surface area contributed by atoms with Gasteiger partial charge in [0.25, 0.3) is 0 Å². The summed E-state index contributed by atoms with van der Waals surface area (Å²) in [5.41, 5.74) is 15.5. The predicted octanol–water partition coefficient (Wildman–Crippen LogP) is 14.1. The lowest BCUT2D eigenvalue weighted by atomic mass is 9.64. The summed E-state index contributed by atoms with van der Waals surface area (Å²) in [6.07, 6.45) is 18.0. The SMILES string of the molecule is C1=CCCC(C2(c3ccccc3)C(/C=C/Nc3ccc4c5ccccc5n(-c5ccccc5)c4c3)=C(/C=C\c3ccc(-c4ccccc4)cc3)c3ccccc32)=C1. The van der Waals surface area contributed by atoms with Crippen molar-refractivity contribution in [3.8, 4) is 16.8 Å². The molecule has 2 aliphatic carbocycles. The lowest BCUT2D eigenvalue weighted by Crippen LogP contribution is -2.31. The zero-order chi connectivity index (χ0) is 38.0. The molecule has 8 aromatic rings. The fourth-order valence-electron chi connectivity index (χ4n) is 9.11. The van der Waals surface area contributed by atoms with Crippen LogP contribution in [0.5, 0.6) is 0 Å². The number of hydrogen-bond acceptors (Lipinski definition) is 1. The normalized spacial score (nSPS) is 16.5. The summed E-state index contributed by atoms with van der Waals surface area (Å²) in [5, 5.41) is 6.23. The number of aromatic nitrogens is 1. The molecule has 0 amide bonds. The smallest absolute Gasteiger partial charge is 0.0677 e. The highest BCUT2D eigenvalue weighted by atomic mass is 15.0. The van der Waals surface area contributed by atoms with Gasteiger partial charge in [-0.15, -0.1) is 0 Å². The van der Waals surface area contributed by atoms with Gasteiger partial charge in [-0.2, -0.15) is 0 Å². The Balaban J connectivity index is 1.11. The molecule has 272 valence electrons. The third-order valence-corrected chi connectivity index (χ3v) is 11.7. The average molecular weight is 731 g/mol. The molecule has 57 heavy (non-hydrogen) atoms. The summed E-state index contributed by atoms with van der Waals surface area (Å²) < 4.78 is 2.37. The van der Waals surface area contributed by atoms with Gasteiger partial charge in [-0.05, 0) is 93.8 Å². The van der Waals surface area contributed by atoms with Crippen LogP contribution in [-0.2, 0) is 5.41 Å². The second-order valence-electron chi connectivity index (χ2n) is 14.9. The molecule has 1 atom stereocenters. The fraction of sp³-hybridized carbons (Fsp3) is 0.0545. The van der Waals surface area contributed by atoms with E-state index in [1.54, 1.807) is 0 Å². The van der Waals surface area contributed by atoms with Crippen LogP contribution in [0.2, 0.25) is 0 Å². The molecule has 2 heteroatoms. The molecular weight excluding hydrogens is 689 g/mol. The minimum atomic E-state index is -0.457. The van der Waals surface area contributed by atoms with E-state index in [9.17, 15) is 0 Å². The molecule has 2 aliphatic rings. The van der Waals surface area contributed by atoms with Crippen molar-refractivity contribution >= 4 is 39.1 Å². The number of rotatable bonds is 9. The zero-order valence-electron chi connectivity index (χ0n) is 31.7. The van der Waals surface area contributed by atoms with E-state index in [0.29, 0.717) is 0 Å². The molecule has 0 saturated heterocycles. The molecule has 0 saturated carbocycles. The Labute approximate surface area is 334 Å². The molecule has 1 unspecified atom stereocenters. The monoisotopic (exact) mass is 730 g/mol. The third-order valence-electron chi connectivity index (χ3n) is 11.7. The van der Waals surface area contributed by atoms with E-state index in [0.717, 1.165) is 24.2 Å². The first-order valence-electron chi connectivity index (χ1n) is 19.9. The number of para-hydroxylation sites is 2. The molecular formula is C55H42N2. The van der Waals surface area contributed by atoms with Crippen LogP contribution >= 0.6 is 0 Å². The molecule has 2 nitrogen and oxygen atoms in total. The summed E-state index contributed by atoms with van der Waals surface area (Å²) in [6, 6.07) is 65.7. The van der Waals surface area contributed by atoms with Gasteiger partial charge in [-0.25, -0.2) is 0 Å². The maximum absolute atomic E-state index is 3.74. The van der Waals surface area contributed by atoms with Crippen molar-refractivity contribution in [3.63, 3.8) is 0 Å². The van der Waals surface area contributed by atoms with Crippen LogP contribution in [0.1, 0.15) is 35.1 Å². The lowest BCUT2D eigenvalue weighted by molar-refractivity contribution is 0.687. The number of nitrogens with one attached hydrogen (secondary N) is 1. The Morgan fingerprint density at radius 3 is 2.04 bits per heavy atom. The van der Waals surface area contributed by atoms with E-state index in [-0.39, 0.29) is 0 Å². The molecule has 0 aliphatic heterocycles. The quantitative estimate of drug-likeness (QED) is 0.156.